The van der Waals surface area contributed by atoms with E-state index in [0.29, 0.717) is 10.6 Å². The number of hydrogen-bond donors (Lipinski definition) is 1. The molecular weight excluding hydrogens is 312 g/mol. The van der Waals surface area contributed by atoms with Gasteiger partial charge in [0.1, 0.15) is 11.5 Å². The van der Waals surface area contributed by atoms with Crippen molar-refractivity contribution in [3.8, 4) is 17.1 Å². The summed E-state index contributed by atoms with van der Waals surface area (Å²) in [5.41, 5.74) is 0.880. The zero-order chi connectivity index (χ0) is 16.1. The van der Waals surface area contributed by atoms with Crippen LogP contribution in [-0.4, -0.2) is 28.2 Å². The summed E-state index contributed by atoms with van der Waals surface area (Å²) in [6.45, 7) is 0. The van der Waals surface area contributed by atoms with Gasteiger partial charge in [0.15, 0.2) is 5.82 Å². The molecule has 116 valence electrons. The Bertz CT molecular complexity index is 874. The van der Waals surface area contributed by atoms with Crippen LogP contribution in [0.2, 0.25) is 0 Å². The van der Waals surface area contributed by atoms with E-state index >= 15 is 0 Å². The van der Waals surface area contributed by atoms with Crippen LogP contribution in [0.15, 0.2) is 58.3 Å². The first kappa shape index (κ1) is 15.0. The summed E-state index contributed by atoms with van der Waals surface area (Å²) in [7, 11) is 1.63. The number of aromatic amines is 1. The molecule has 7 heteroatoms. The number of hydrogen-bond acceptors (Lipinski definition) is 5. The highest BCUT2D eigenvalue weighted by Crippen LogP contribution is 2.20. The third-order valence-electron chi connectivity index (χ3n) is 3.07. The average Bonchev–Trinajstić information content (AvgIpc) is 3.22. The predicted molar refractivity (Wildman–Crippen MR) is 91.0 cm³/mol. The lowest BCUT2D eigenvalue weighted by Gasteiger charge is -2.02. The molecule has 0 amide bonds. The van der Waals surface area contributed by atoms with Crippen LogP contribution in [0.4, 0.5) is 0 Å². The molecule has 0 aliphatic carbocycles. The molecule has 0 spiro atoms. The van der Waals surface area contributed by atoms with Gasteiger partial charge < -0.3 is 9.15 Å². The number of allylic oxidation sites excluding steroid dienone is 1. The number of furan rings is 1. The Kier molecular flexibility index (Phi) is 4.49. The smallest absolute Gasteiger partial charge is 0.216 e. The standard InChI is InChI=1S/C16H14N4O2S/c1-21-13-8-6-12(7-9-13)15-18-19-16(23)20(15)17-10-2-4-14-5-3-11-22-14/h2-11H,1H3,(H,19,23)/b4-2+,17-10+. The van der Waals surface area contributed by atoms with Crippen LogP contribution in [0.25, 0.3) is 17.5 Å². The van der Waals surface area contributed by atoms with E-state index in [9.17, 15) is 0 Å². The first-order valence-electron chi connectivity index (χ1n) is 6.84. The number of benzene rings is 1. The molecule has 0 aliphatic rings. The van der Waals surface area contributed by atoms with Crippen molar-refractivity contribution in [2.24, 2.45) is 5.10 Å². The minimum atomic E-state index is 0.415. The number of nitrogens with one attached hydrogen (secondary N) is 1. The van der Waals surface area contributed by atoms with Crippen LogP contribution in [0, 0.1) is 4.77 Å². The number of nitrogens with zero attached hydrogens (tertiary/aromatic N) is 3. The number of aromatic nitrogens is 3. The van der Waals surface area contributed by atoms with Gasteiger partial charge in [0, 0.05) is 11.8 Å². The molecule has 0 radical (unpaired) electrons. The molecule has 0 saturated heterocycles. The molecule has 0 bridgehead atoms. The third kappa shape index (κ3) is 3.46. The molecule has 1 aromatic carbocycles. The summed E-state index contributed by atoms with van der Waals surface area (Å²) >= 11 is 5.21. The second-order valence-corrected chi connectivity index (χ2v) is 4.92. The molecule has 1 N–H and O–H groups in total. The van der Waals surface area contributed by atoms with Crippen LogP contribution in [0.3, 0.4) is 0 Å². The molecule has 23 heavy (non-hydrogen) atoms. The SMILES string of the molecule is COc1ccc(-c2n[nH]c(=S)n2/N=C/C=C/c2ccco2)cc1. The lowest BCUT2D eigenvalue weighted by atomic mass is 10.2. The van der Waals surface area contributed by atoms with E-state index in [1.807, 2.05) is 36.4 Å². The Hall–Kier alpha value is -2.93. The summed E-state index contributed by atoms with van der Waals surface area (Å²) in [5.74, 6) is 2.15. The van der Waals surface area contributed by atoms with Crippen LogP contribution in [-0.2, 0) is 0 Å². The Balaban J connectivity index is 1.85. The topological polar surface area (TPSA) is 68.3 Å². The Morgan fingerprint density at radius 3 is 2.83 bits per heavy atom. The summed E-state index contributed by atoms with van der Waals surface area (Å²) in [6, 6.07) is 11.2. The number of ether oxygens (including phenoxy) is 1. The minimum Gasteiger partial charge on any atom is -0.497 e. The van der Waals surface area contributed by atoms with Crippen molar-refractivity contribution < 1.29 is 9.15 Å². The first-order valence-corrected chi connectivity index (χ1v) is 7.25. The molecule has 0 aliphatic heterocycles. The van der Waals surface area contributed by atoms with Crippen molar-refractivity contribution in [3.05, 3.63) is 59.3 Å². The third-order valence-corrected chi connectivity index (χ3v) is 3.33. The Labute approximate surface area is 137 Å². The van der Waals surface area contributed by atoms with Crippen molar-refractivity contribution in [2.75, 3.05) is 7.11 Å². The fourth-order valence-corrected chi connectivity index (χ4v) is 2.13. The van der Waals surface area contributed by atoms with Crippen LogP contribution >= 0.6 is 12.2 Å². The van der Waals surface area contributed by atoms with Gasteiger partial charge in [-0.2, -0.15) is 14.9 Å². The van der Waals surface area contributed by atoms with Gasteiger partial charge in [-0.1, -0.05) is 0 Å². The van der Waals surface area contributed by atoms with Crippen LogP contribution < -0.4 is 4.74 Å². The van der Waals surface area contributed by atoms with Gasteiger partial charge in [0.2, 0.25) is 4.77 Å². The molecule has 0 fully saturated rings. The molecule has 6 nitrogen and oxygen atoms in total. The van der Waals surface area contributed by atoms with Crippen molar-refractivity contribution in [1.82, 2.24) is 14.9 Å². The number of H-pyrrole nitrogens is 1. The van der Waals surface area contributed by atoms with E-state index in [4.69, 9.17) is 21.4 Å². The van der Waals surface area contributed by atoms with E-state index in [-0.39, 0.29) is 0 Å². The summed E-state index contributed by atoms with van der Waals surface area (Å²) in [4.78, 5) is 0. The monoisotopic (exact) mass is 326 g/mol. The second kappa shape index (κ2) is 6.89. The van der Waals surface area contributed by atoms with Crippen LogP contribution in [0.5, 0.6) is 5.75 Å². The van der Waals surface area contributed by atoms with Gasteiger partial charge in [-0.15, -0.1) is 0 Å². The van der Waals surface area contributed by atoms with Gasteiger partial charge in [-0.05, 0) is 60.8 Å². The molecule has 3 aromatic rings. The molecule has 2 heterocycles. The summed E-state index contributed by atoms with van der Waals surface area (Å²) in [6.07, 6.45) is 6.82. The quantitative estimate of drug-likeness (QED) is 0.572. The van der Waals surface area contributed by atoms with Crippen LogP contribution in [0.1, 0.15) is 5.76 Å². The average molecular weight is 326 g/mol. The maximum atomic E-state index is 5.21. The highest BCUT2D eigenvalue weighted by Gasteiger charge is 2.07. The largest absolute Gasteiger partial charge is 0.497 e. The highest BCUT2D eigenvalue weighted by atomic mass is 32.1. The van der Waals surface area contributed by atoms with Crippen molar-refractivity contribution in [1.29, 1.82) is 0 Å². The molecule has 2 aromatic heterocycles. The first-order chi connectivity index (χ1) is 11.3. The van der Waals surface area contributed by atoms with E-state index in [2.05, 4.69) is 15.3 Å². The van der Waals surface area contributed by atoms with E-state index < -0.39 is 0 Å². The summed E-state index contributed by atoms with van der Waals surface area (Å²) < 4.78 is 12.3. The lowest BCUT2D eigenvalue weighted by Crippen LogP contribution is -1.93. The number of rotatable bonds is 5. The van der Waals surface area contributed by atoms with Gasteiger partial charge in [0.05, 0.1) is 13.4 Å². The highest BCUT2D eigenvalue weighted by molar-refractivity contribution is 7.71. The molecule has 0 saturated carbocycles. The maximum Gasteiger partial charge on any atom is 0.216 e. The molecular formula is C16H14N4O2S. The summed E-state index contributed by atoms with van der Waals surface area (Å²) in [5, 5.41) is 11.3. The zero-order valence-corrected chi connectivity index (χ0v) is 13.2. The lowest BCUT2D eigenvalue weighted by molar-refractivity contribution is 0.415. The van der Waals surface area contributed by atoms with Crippen molar-refractivity contribution >= 4 is 24.5 Å². The second-order valence-electron chi connectivity index (χ2n) is 4.53. The predicted octanol–water partition coefficient (Wildman–Crippen LogP) is 3.76. The Morgan fingerprint density at radius 1 is 1.30 bits per heavy atom. The van der Waals surface area contributed by atoms with Crippen molar-refractivity contribution in [3.63, 3.8) is 0 Å². The van der Waals surface area contributed by atoms with Crippen molar-refractivity contribution in [2.45, 2.75) is 0 Å². The fraction of sp³-hybridized carbons (Fsp3) is 0.0625. The van der Waals surface area contributed by atoms with E-state index in [1.165, 1.54) is 0 Å². The van der Waals surface area contributed by atoms with E-state index in [1.54, 1.807) is 36.4 Å². The molecule has 0 unspecified atom stereocenters. The van der Waals surface area contributed by atoms with Gasteiger partial charge in [-0.3, -0.25) is 0 Å². The Morgan fingerprint density at radius 2 is 2.13 bits per heavy atom. The van der Waals surface area contributed by atoms with Gasteiger partial charge >= 0.3 is 0 Å². The maximum absolute atomic E-state index is 5.21. The number of methoxy groups -OCH3 is 1. The van der Waals surface area contributed by atoms with E-state index in [0.717, 1.165) is 17.1 Å². The molecule has 0 atom stereocenters. The zero-order valence-electron chi connectivity index (χ0n) is 12.3. The minimum absolute atomic E-state index is 0.415. The normalized spacial score (nSPS) is 11.5. The fourth-order valence-electron chi connectivity index (χ4n) is 1.95. The van der Waals surface area contributed by atoms with Gasteiger partial charge in [0.25, 0.3) is 0 Å². The van der Waals surface area contributed by atoms with Gasteiger partial charge in [-0.25, -0.2) is 5.10 Å². The molecule has 3 rings (SSSR count).